The first-order valence-electron chi connectivity index (χ1n) is 25.5. The minimum atomic E-state index is -0.932. The second-order valence-corrected chi connectivity index (χ2v) is 21.8. The number of hydrogen-bond acceptors (Lipinski definition) is 12. The zero-order valence-corrected chi connectivity index (χ0v) is 43.2. The molecule has 0 radical (unpaired) electrons. The molecule has 0 spiro atoms. The number of thiazole rings is 1. The van der Waals surface area contributed by atoms with E-state index in [4.69, 9.17) is 20.9 Å². The van der Waals surface area contributed by atoms with Crippen LogP contribution in [0.2, 0.25) is 0 Å². The minimum absolute atomic E-state index is 0.0227. The second-order valence-electron chi connectivity index (χ2n) is 21.0. The Labute approximate surface area is 427 Å². The maximum Gasteiger partial charge on any atom is 0.246 e. The number of amides is 4. The van der Waals surface area contributed by atoms with Crippen LogP contribution in [0.4, 0.5) is 5.69 Å². The Morgan fingerprint density at radius 1 is 0.917 bits per heavy atom. The summed E-state index contributed by atoms with van der Waals surface area (Å²) in [5, 5.41) is 13.5. The van der Waals surface area contributed by atoms with E-state index in [1.54, 1.807) is 16.2 Å². The van der Waals surface area contributed by atoms with Gasteiger partial charge in [-0.15, -0.1) is 11.3 Å². The molecule has 4 heterocycles. The molecule has 3 aliphatic heterocycles. The third-order valence-corrected chi connectivity index (χ3v) is 15.4. The maximum atomic E-state index is 14.1. The highest BCUT2D eigenvalue weighted by atomic mass is 32.1. The number of nitrogens with zero attached hydrogens (tertiary/aromatic N) is 3. The van der Waals surface area contributed by atoms with E-state index in [2.05, 4.69) is 10.3 Å². The van der Waals surface area contributed by atoms with E-state index in [1.165, 1.54) is 4.90 Å². The highest BCUT2D eigenvalue weighted by Crippen LogP contribution is 2.40. The van der Waals surface area contributed by atoms with Crippen molar-refractivity contribution in [3.05, 3.63) is 106 Å². The molecule has 72 heavy (non-hydrogen) atoms. The number of aliphatic hydroxyl groups is 1. The number of ketones is 2. The van der Waals surface area contributed by atoms with Crippen molar-refractivity contribution in [2.75, 3.05) is 24.7 Å². The van der Waals surface area contributed by atoms with Gasteiger partial charge in [-0.1, -0.05) is 87.5 Å². The van der Waals surface area contributed by atoms with Crippen molar-refractivity contribution in [2.45, 2.75) is 155 Å². The molecule has 4 amide bonds. The number of Topliss-reactive ketones (excluding diaryl/α,β-unsaturated/α-hetero) is 2. The molecule has 386 valence electrons. The van der Waals surface area contributed by atoms with E-state index in [9.17, 15) is 33.9 Å². The van der Waals surface area contributed by atoms with E-state index in [-0.39, 0.29) is 68.3 Å². The van der Waals surface area contributed by atoms with Crippen LogP contribution in [0.5, 0.6) is 0 Å². The van der Waals surface area contributed by atoms with Crippen LogP contribution in [-0.4, -0.2) is 106 Å². The van der Waals surface area contributed by atoms with Crippen molar-refractivity contribution in [3.63, 3.8) is 0 Å². The number of carbonyl (C=O) groups excluding carboxylic acids is 6. The Hall–Kier alpha value is -5.65. The SMILES string of the molecule is Cc1ncsc1-c1ccc(CCC(=O)[C@@H]2C[C@H](O)CN2C(=O)[C@@H](NC(=O)COCCCCc2ccc(CO[C@H](C)[C@H](CCC(N)=O)CC(=O)[C@@H]3Cc4cccc5c4N3C(=O)[C@@H](N)CC5)cc2)C(C)(C)C)cc1. The molecule has 16 heteroatoms. The lowest BCUT2D eigenvalue weighted by Gasteiger charge is -2.35. The third-order valence-electron chi connectivity index (χ3n) is 14.5. The third kappa shape index (κ3) is 13.7. The smallest absolute Gasteiger partial charge is 0.246 e. The first-order valence-corrected chi connectivity index (χ1v) is 26.3. The Balaban J connectivity index is 0.823. The molecule has 1 aromatic heterocycles. The molecule has 7 atom stereocenters. The van der Waals surface area contributed by atoms with Gasteiger partial charge < -0.3 is 36.3 Å². The lowest BCUT2D eigenvalue weighted by molar-refractivity contribution is -0.144. The number of anilines is 1. The summed E-state index contributed by atoms with van der Waals surface area (Å²) in [7, 11) is 0. The number of aromatic nitrogens is 1. The van der Waals surface area contributed by atoms with E-state index < -0.39 is 53.4 Å². The summed E-state index contributed by atoms with van der Waals surface area (Å²) in [4.78, 5) is 88.6. The Morgan fingerprint density at radius 3 is 2.31 bits per heavy atom. The van der Waals surface area contributed by atoms with Gasteiger partial charge in [-0.05, 0) is 104 Å². The van der Waals surface area contributed by atoms with Crippen LogP contribution >= 0.6 is 11.3 Å². The highest BCUT2D eigenvalue weighted by Gasteiger charge is 2.45. The van der Waals surface area contributed by atoms with Crippen LogP contribution in [0.15, 0.2) is 72.2 Å². The summed E-state index contributed by atoms with van der Waals surface area (Å²) in [5.74, 6) is -2.01. The monoisotopic (exact) mass is 1000 g/mol. The number of hydrogen-bond donors (Lipinski definition) is 4. The number of nitrogens with one attached hydrogen (secondary N) is 1. The van der Waals surface area contributed by atoms with Gasteiger partial charge >= 0.3 is 0 Å². The van der Waals surface area contributed by atoms with Crippen LogP contribution in [0.25, 0.3) is 10.4 Å². The van der Waals surface area contributed by atoms with Crippen molar-refractivity contribution >= 4 is 52.2 Å². The number of rotatable bonds is 24. The quantitative estimate of drug-likeness (QED) is 0.0585. The number of aliphatic hydroxyl groups excluding tert-OH is 1. The fourth-order valence-corrected chi connectivity index (χ4v) is 11.0. The Bertz CT molecular complexity index is 2560. The topological polar surface area (TPSA) is 225 Å². The van der Waals surface area contributed by atoms with Gasteiger partial charge in [0.25, 0.3) is 0 Å². The summed E-state index contributed by atoms with van der Waals surface area (Å²) in [6.45, 7) is 9.91. The molecule has 1 saturated heterocycles. The number of carbonyl (C=O) groups is 6. The van der Waals surface area contributed by atoms with Crippen molar-refractivity contribution < 1.29 is 43.3 Å². The van der Waals surface area contributed by atoms with Crippen molar-refractivity contribution in [3.8, 4) is 10.4 Å². The van der Waals surface area contributed by atoms with Gasteiger partial charge in [0.15, 0.2) is 11.6 Å². The van der Waals surface area contributed by atoms with Crippen LogP contribution in [0.1, 0.15) is 113 Å². The summed E-state index contributed by atoms with van der Waals surface area (Å²) in [5.41, 5.74) is 20.9. The Kier molecular flexibility index (Phi) is 18.3. The van der Waals surface area contributed by atoms with Crippen molar-refractivity contribution in [1.82, 2.24) is 15.2 Å². The fourth-order valence-electron chi connectivity index (χ4n) is 10.2. The Morgan fingerprint density at radius 2 is 1.61 bits per heavy atom. The largest absolute Gasteiger partial charge is 0.391 e. The minimum Gasteiger partial charge on any atom is -0.391 e. The first kappa shape index (κ1) is 54.1. The molecule has 0 saturated carbocycles. The zero-order chi connectivity index (χ0) is 51.7. The summed E-state index contributed by atoms with van der Waals surface area (Å²) in [6.07, 6.45) is 4.26. The average Bonchev–Trinajstić information content (AvgIpc) is 4.07. The van der Waals surface area contributed by atoms with Gasteiger partial charge in [0, 0.05) is 45.3 Å². The van der Waals surface area contributed by atoms with Gasteiger partial charge in [-0.2, -0.15) is 0 Å². The first-order chi connectivity index (χ1) is 34.4. The molecule has 0 bridgehead atoms. The number of ether oxygens (including phenoxy) is 2. The molecule has 4 aromatic rings. The maximum absolute atomic E-state index is 14.1. The lowest BCUT2D eigenvalue weighted by Crippen LogP contribution is -2.57. The second kappa shape index (κ2) is 24.4. The molecule has 0 aliphatic carbocycles. The number of β-amino-alcohol motifs (C(OH)–C–C–N with tert-alkyl or cyclic N) is 1. The molecule has 3 aromatic carbocycles. The molecule has 3 aliphatic rings. The number of para-hydroxylation sites is 1. The van der Waals surface area contributed by atoms with Gasteiger partial charge in [0.2, 0.25) is 23.6 Å². The number of primary amides is 1. The predicted molar refractivity (Wildman–Crippen MR) is 277 cm³/mol. The van der Waals surface area contributed by atoms with E-state index in [0.717, 1.165) is 62.5 Å². The number of benzene rings is 3. The van der Waals surface area contributed by atoms with Gasteiger partial charge in [-0.3, -0.25) is 33.7 Å². The molecule has 15 nitrogen and oxygen atoms in total. The number of likely N-dealkylation sites (tertiary alicyclic amines) is 1. The summed E-state index contributed by atoms with van der Waals surface area (Å²) in [6, 6.07) is 19.1. The molecule has 0 unspecified atom stereocenters. The van der Waals surface area contributed by atoms with Gasteiger partial charge in [-0.25, -0.2) is 4.98 Å². The lowest BCUT2D eigenvalue weighted by atomic mass is 9.85. The number of aryl methyl sites for hydroxylation is 4. The van der Waals surface area contributed by atoms with Crippen LogP contribution in [0.3, 0.4) is 0 Å². The zero-order valence-electron chi connectivity index (χ0n) is 42.4. The predicted octanol–water partition coefficient (Wildman–Crippen LogP) is 6.13. The fraction of sp³-hybridized carbons (Fsp3) is 0.518. The van der Waals surface area contributed by atoms with Crippen molar-refractivity contribution in [2.24, 2.45) is 22.8 Å². The standard InChI is InChI=1S/C56H72N6O9S/c1-34-52(72-33-59-34)40-19-16-37(17-20-40)18-24-47(64)45-29-43(63)30-61(45)55(69)53(56(3,4)5)60-50(67)32-70-26-7-6-9-36-12-14-38(15-13-36)31-71-35(2)41(22-25-49(58)66)28-48(65)46-27-42-11-8-10-39-21-23-44(57)54(68)62(46)51(39)42/h8,10-17,19-20,33,35,41,43-46,53,63H,6-7,9,18,21-32,57H2,1-5H3,(H2,58,66)(H,60,67)/t35-,41-,43+,44+,45+,46+,53-/m1/s1. The van der Waals surface area contributed by atoms with E-state index >= 15 is 0 Å². The van der Waals surface area contributed by atoms with Crippen molar-refractivity contribution in [1.29, 1.82) is 0 Å². The molecular formula is C56H72N6O9S. The molecular weight excluding hydrogens is 933 g/mol. The van der Waals surface area contributed by atoms with E-state index in [1.807, 2.05) is 107 Å². The normalized spacial score (nSPS) is 19.9. The average molecular weight is 1010 g/mol. The van der Waals surface area contributed by atoms with E-state index in [0.29, 0.717) is 51.7 Å². The number of unbranched alkanes of at least 4 members (excludes halogenated alkanes) is 1. The van der Waals surface area contributed by atoms with Crippen LogP contribution in [-0.2, 0) is 70.5 Å². The van der Waals surface area contributed by atoms with Gasteiger partial charge in [0.05, 0.1) is 58.7 Å². The van der Waals surface area contributed by atoms with Gasteiger partial charge in [0.1, 0.15) is 12.6 Å². The van der Waals surface area contributed by atoms with Crippen LogP contribution < -0.4 is 21.7 Å². The summed E-state index contributed by atoms with van der Waals surface area (Å²) >= 11 is 1.59. The summed E-state index contributed by atoms with van der Waals surface area (Å²) < 4.78 is 12.1. The molecule has 1 fully saturated rings. The van der Waals surface area contributed by atoms with Crippen LogP contribution in [0, 0.1) is 18.3 Å². The number of nitrogens with two attached hydrogens (primary N) is 2. The molecule has 7 rings (SSSR count). The molecule has 6 N–H and O–H groups in total. The highest BCUT2D eigenvalue weighted by molar-refractivity contribution is 7.13.